The quantitative estimate of drug-likeness (QED) is 0.462. The van der Waals surface area contributed by atoms with Crippen molar-refractivity contribution in [1.82, 2.24) is 10.6 Å². The van der Waals surface area contributed by atoms with Crippen molar-refractivity contribution in [2.45, 2.75) is 70.1 Å². The van der Waals surface area contributed by atoms with Gasteiger partial charge in [0.25, 0.3) is 0 Å². The highest BCUT2D eigenvalue weighted by Gasteiger charge is 2.40. The lowest BCUT2D eigenvalue weighted by molar-refractivity contribution is 0.0696. The first-order valence-corrected chi connectivity index (χ1v) is 12.2. The van der Waals surface area contributed by atoms with E-state index in [4.69, 9.17) is 9.84 Å². The van der Waals surface area contributed by atoms with Crippen LogP contribution in [0.1, 0.15) is 66.9 Å². The molecule has 0 amide bonds. The predicted molar refractivity (Wildman–Crippen MR) is 133 cm³/mol. The average Bonchev–Trinajstić information content (AvgIpc) is 3.61. The summed E-state index contributed by atoms with van der Waals surface area (Å²) in [6, 6.07) is 17.5. The molecule has 2 aliphatic carbocycles. The monoisotopic (exact) mass is 448 g/mol. The van der Waals surface area contributed by atoms with E-state index in [1.165, 1.54) is 24.8 Å². The van der Waals surface area contributed by atoms with Gasteiger partial charge in [-0.1, -0.05) is 55.0 Å². The summed E-state index contributed by atoms with van der Waals surface area (Å²) in [5.41, 5.74) is 4.13. The fraction of sp³-hybridized carbons (Fsp3) is 0.464. The standard InChI is InChI=1S/C28H36N2O3/c1-3-20(15-19-7-5-4-6-8-19)25-17-26(25)30-24-13-11-23(12-14-24)29-18-22-10-9-21(28(31)32)16-27(22)33-2/h4-10,15-16,23-26,29-30H,3,11-14,17-18H2,1-2H3,(H,31,32)/b20-15+/t23?,24?,25-,26+/m0/s1. The SMILES string of the molecule is CC/C(=C\c1ccccc1)[C@@H]1C[C@H]1NC1CCC(NCc2ccc(C(=O)O)cc2OC)CC1. The third-order valence-corrected chi connectivity index (χ3v) is 7.12. The van der Waals surface area contributed by atoms with E-state index >= 15 is 0 Å². The van der Waals surface area contributed by atoms with Crippen LogP contribution in [-0.2, 0) is 6.54 Å². The fourth-order valence-corrected chi connectivity index (χ4v) is 5.07. The van der Waals surface area contributed by atoms with Crippen molar-refractivity contribution in [3.8, 4) is 5.75 Å². The molecular weight excluding hydrogens is 412 g/mol. The van der Waals surface area contributed by atoms with E-state index < -0.39 is 5.97 Å². The van der Waals surface area contributed by atoms with E-state index in [0.717, 1.165) is 24.8 Å². The Bertz CT molecular complexity index is 964. The fourth-order valence-electron chi connectivity index (χ4n) is 5.07. The van der Waals surface area contributed by atoms with Gasteiger partial charge in [0.2, 0.25) is 0 Å². The Balaban J connectivity index is 1.22. The maximum atomic E-state index is 11.2. The van der Waals surface area contributed by atoms with Crippen LogP contribution in [0.15, 0.2) is 54.1 Å². The second-order valence-electron chi connectivity index (χ2n) is 9.36. The van der Waals surface area contributed by atoms with E-state index in [0.29, 0.717) is 36.3 Å². The number of carboxylic acids is 1. The summed E-state index contributed by atoms with van der Waals surface area (Å²) in [5, 5.41) is 16.7. The van der Waals surface area contributed by atoms with Gasteiger partial charge in [-0.05, 0) is 62.1 Å². The van der Waals surface area contributed by atoms with E-state index in [1.807, 2.05) is 6.07 Å². The molecule has 0 radical (unpaired) electrons. The predicted octanol–water partition coefficient (Wildman–Crippen LogP) is 5.27. The first-order chi connectivity index (χ1) is 16.1. The summed E-state index contributed by atoms with van der Waals surface area (Å²) in [6.45, 7) is 2.96. The Labute approximate surface area is 197 Å². The number of rotatable bonds is 10. The Hall–Kier alpha value is -2.63. The highest BCUT2D eigenvalue weighted by Crippen LogP contribution is 2.40. The molecule has 33 heavy (non-hydrogen) atoms. The Kier molecular flexibility index (Phi) is 7.84. The zero-order chi connectivity index (χ0) is 23.2. The van der Waals surface area contributed by atoms with Crippen LogP contribution >= 0.6 is 0 Å². The van der Waals surface area contributed by atoms with Crippen LogP contribution in [0.5, 0.6) is 5.75 Å². The lowest BCUT2D eigenvalue weighted by Crippen LogP contribution is -2.41. The van der Waals surface area contributed by atoms with Crippen LogP contribution in [0.25, 0.3) is 6.08 Å². The molecule has 0 heterocycles. The summed E-state index contributed by atoms with van der Waals surface area (Å²) >= 11 is 0. The first kappa shape index (κ1) is 23.5. The Morgan fingerprint density at radius 2 is 1.82 bits per heavy atom. The maximum Gasteiger partial charge on any atom is 0.335 e. The van der Waals surface area contributed by atoms with Gasteiger partial charge in [0.1, 0.15) is 5.75 Å². The van der Waals surface area contributed by atoms with Gasteiger partial charge >= 0.3 is 5.97 Å². The number of ether oxygens (including phenoxy) is 1. The van der Waals surface area contributed by atoms with Crippen molar-refractivity contribution in [2.24, 2.45) is 5.92 Å². The summed E-state index contributed by atoms with van der Waals surface area (Å²) < 4.78 is 5.40. The highest BCUT2D eigenvalue weighted by atomic mass is 16.5. The van der Waals surface area contributed by atoms with E-state index in [-0.39, 0.29) is 5.56 Å². The number of methoxy groups -OCH3 is 1. The molecule has 2 saturated carbocycles. The van der Waals surface area contributed by atoms with Crippen molar-refractivity contribution in [1.29, 1.82) is 0 Å². The number of nitrogens with one attached hydrogen (secondary N) is 2. The number of hydrogen-bond acceptors (Lipinski definition) is 4. The molecule has 5 nitrogen and oxygen atoms in total. The minimum absolute atomic E-state index is 0.255. The number of carboxylic acid groups (broad SMARTS) is 1. The lowest BCUT2D eigenvalue weighted by atomic mass is 9.90. The van der Waals surface area contributed by atoms with Gasteiger partial charge in [-0.15, -0.1) is 0 Å². The molecule has 0 saturated heterocycles. The van der Waals surface area contributed by atoms with Crippen LogP contribution in [0.2, 0.25) is 0 Å². The normalized spacial score (nSPS) is 25.0. The molecule has 176 valence electrons. The van der Waals surface area contributed by atoms with Gasteiger partial charge in [-0.3, -0.25) is 0 Å². The van der Waals surface area contributed by atoms with Crippen molar-refractivity contribution in [3.63, 3.8) is 0 Å². The summed E-state index contributed by atoms with van der Waals surface area (Å²) in [5.74, 6) is 0.387. The molecule has 0 unspecified atom stereocenters. The molecular formula is C28H36N2O3. The topological polar surface area (TPSA) is 70.6 Å². The third kappa shape index (κ3) is 6.24. The third-order valence-electron chi connectivity index (χ3n) is 7.12. The molecule has 3 N–H and O–H groups in total. The van der Waals surface area contributed by atoms with Crippen LogP contribution in [-0.4, -0.2) is 36.3 Å². The van der Waals surface area contributed by atoms with Crippen molar-refractivity contribution < 1.29 is 14.6 Å². The molecule has 0 aliphatic heterocycles. The average molecular weight is 449 g/mol. The number of carbonyl (C=O) groups is 1. The molecule has 5 heteroatoms. The van der Waals surface area contributed by atoms with Crippen molar-refractivity contribution in [3.05, 3.63) is 70.8 Å². The van der Waals surface area contributed by atoms with Crippen molar-refractivity contribution in [2.75, 3.05) is 7.11 Å². The molecule has 2 fully saturated rings. The van der Waals surface area contributed by atoms with Crippen LogP contribution < -0.4 is 15.4 Å². The molecule has 0 aromatic heterocycles. The zero-order valence-electron chi connectivity index (χ0n) is 19.7. The molecule has 4 rings (SSSR count). The van der Waals surface area contributed by atoms with Gasteiger partial charge in [-0.2, -0.15) is 0 Å². The van der Waals surface area contributed by atoms with E-state index in [2.05, 4.69) is 54.0 Å². The van der Waals surface area contributed by atoms with Gasteiger partial charge in [0, 0.05) is 30.2 Å². The maximum absolute atomic E-state index is 11.2. The zero-order valence-corrected chi connectivity index (χ0v) is 19.7. The number of benzene rings is 2. The second-order valence-corrected chi connectivity index (χ2v) is 9.36. The largest absolute Gasteiger partial charge is 0.496 e. The first-order valence-electron chi connectivity index (χ1n) is 12.2. The minimum Gasteiger partial charge on any atom is -0.496 e. The minimum atomic E-state index is -0.932. The molecule has 2 aromatic carbocycles. The summed E-state index contributed by atoms with van der Waals surface area (Å²) in [6.07, 6.45) is 9.46. The number of aromatic carboxylic acids is 1. The lowest BCUT2D eigenvalue weighted by Gasteiger charge is -2.30. The molecule has 2 aromatic rings. The molecule has 0 bridgehead atoms. The summed E-state index contributed by atoms with van der Waals surface area (Å²) in [4.78, 5) is 11.2. The van der Waals surface area contributed by atoms with E-state index in [9.17, 15) is 4.79 Å². The smallest absolute Gasteiger partial charge is 0.335 e. The van der Waals surface area contributed by atoms with E-state index in [1.54, 1.807) is 24.8 Å². The Morgan fingerprint density at radius 3 is 2.48 bits per heavy atom. The molecule has 2 atom stereocenters. The molecule has 0 spiro atoms. The van der Waals surface area contributed by atoms with Crippen LogP contribution in [0, 0.1) is 5.92 Å². The van der Waals surface area contributed by atoms with Gasteiger partial charge < -0.3 is 20.5 Å². The second kappa shape index (κ2) is 11.0. The van der Waals surface area contributed by atoms with Crippen LogP contribution in [0.4, 0.5) is 0 Å². The van der Waals surface area contributed by atoms with Gasteiger partial charge in [-0.25, -0.2) is 4.79 Å². The van der Waals surface area contributed by atoms with Gasteiger partial charge in [0.05, 0.1) is 12.7 Å². The number of hydrogen-bond donors (Lipinski definition) is 3. The summed E-state index contributed by atoms with van der Waals surface area (Å²) in [7, 11) is 1.59. The van der Waals surface area contributed by atoms with Gasteiger partial charge in [0.15, 0.2) is 0 Å². The molecule has 2 aliphatic rings. The highest BCUT2D eigenvalue weighted by molar-refractivity contribution is 5.88. The Morgan fingerprint density at radius 1 is 1.09 bits per heavy atom. The van der Waals surface area contributed by atoms with Crippen molar-refractivity contribution >= 4 is 12.0 Å². The van der Waals surface area contributed by atoms with Crippen LogP contribution in [0.3, 0.4) is 0 Å².